The molecule has 1 atom stereocenters. The van der Waals surface area contributed by atoms with E-state index in [1.54, 1.807) is 6.92 Å². The van der Waals surface area contributed by atoms with Gasteiger partial charge in [0.1, 0.15) is 11.6 Å². The molecule has 5 nitrogen and oxygen atoms in total. The van der Waals surface area contributed by atoms with Gasteiger partial charge in [-0.2, -0.15) is 13.2 Å². The molecular weight excluding hydrogens is 283 g/mol. The minimum Gasteiger partial charge on any atom is -0.370 e. The zero-order valence-electron chi connectivity index (χ0n) is 12.8. The van der Waals surface area contributed by atoms with Crippen molar-refractivity contribution in [1.29, 1.82) is 0 Å². The number of nitrogens with one attached hydrogen (secondary N) is 2. The highest BCUT2D eigenvalue weighted by molar-refractivity contribution is 5.48. The Morgan fingerprint density at radius 2 is 1.86 bits per heavy atom. The van der Waals surface area contributed by atoms with Crippen LogP contribution in [0, 0.1) is 0 Å². The molecule has 0 bridgehead atoms. The molecule has 1 heterocycles. The molecule has 2 N–H and O–H groups in total. The minimum absolute atomic E-state index is 0.0119. The third-order valence-electron chi connectivity index (χ3n) is 2.74. The van der Waals surface area contributed by atoms with Crippen molar-refractivity contribution >= 4 is 11.6 Å². The summed E-state index contributed by atoms with van der Waals surface area (Å²) < 4.78 is 38.4. The van der Waals surface area contributed by atoms with Gasteiger partial charge in [0.05, 0.1) is 0 Å². The highest BCUT2D eigenvalue weighted by atomic mass is 19.4. The van der Waals surface area contributed by atoms with Gasteiger partial charge in [0.2, 0.25) is 5.82 Å². The van der Waals surface area contributed by atoms with Crippen LogP contribution in [-0.2, 0) is 6.18 Å². The van der Waals surface area contributed by atoms with Crippen LogP contribution in [0.1, 0.15) is 26.1 Å². The monoisotopic (exact) mass is 305 g/mol. The van der Waals surface area contributed by atoms with Crippen molar-refractivity contribution in [2.45, 2.75) is 32.5 Å². The Kier molecular flexibility index (Phi) is 6.19. The molecule has 1 aromatic heterocycles. The summed E-state index contributed by atoms with van der Waals surface area (Å²) in [7, 11) is 3.89. The van der Waals surface area contributed by atoms with E-state index in [9.17, 15) is 13.2 Å². The summed E-state index contributed by atoms with van der Waals surface area (Å²) in [5, 5.41) is 5.78. The van der Waals surface area contributed by atoms with E-state index in [1.165, 1.54) is 6.07 Å². The fraction of sp³-hybridized carbons (Fsp3) is 0.692. The zero-order chi connectivity index (χ0) is 16.0. The van der Waals surface area contributed by atoms with Crippen molar-refractivity contribution in [3.63, 3.8) is 0 Å². The summed E-state index contributed by atoms with van der Waals surface area (Å²) in [4.78, 5) is 9.05. The first kappa shape index (κ1) is 17.5. The molecule has 21 heavy (non-hydrogen) atoms. The van der Waals surface area contributed by atoms with Crippen LogP contribution in [0.15, 0.2) is 6.07 Å². The molecular formula is C13H22F3N5. The zero-order valence-corrected chi connectivity index (χ0v) is 12.8. The van der Waals surface area contributed by atoms with Crippen molar-refractivity contribution in [2.24, 2.45) is 0 Å². The average Bonchev–Trinajstić information content (AvgIpc) is 2.35. The van der Waals surface area contributed by atoms with Crippen LogP contribution in [0.25, 0.3) is 0 Å². The third-order valence-corrected chi connectivity index (χ3v) is 2.74. The number of alkyl halides is 3. The Labute approximate surface area is 123 Å². The maximum Gasteiger partial charge on any atom is 0.451 e. The molecule has 8 heteroatoms. The SMILES string of the molecule is CCNc1cc(NC(C)CCN(C)C)nc(C(F)(F)F)n1. The first-order valence-electron chi connectivity index (χ1n) is 6.83. The van der Waals surface area contributed by atoms with Crippen LogP contribution in [0.5, 0.6) is 0 Å². The molecule has 0 saturated heterocycles. The molecule has 120 valence electrons. The number of rotatable bonds is 7. The van der Waals surface area contributed by atoms with Gasteiger partial charge in [-0.15, -0.1) is 0 Å². The molecule has 1 aromatic rings. The summed E-state index contributed by atoms with van der Waals surface area (Å²) in [5.41, 5.74) is 0. The molecule has 0 radical (unpaired) electrons. The highest BCUT2D eigenvalue weighted by Crippen LogP contribution is 2.28. The van der Waals surface area contributed by atoms with E-state index in [0.29, 0.717) is 6.54 Å². The summed E-state index contributed by atoms with van der Waals surface area (Å²) in [6.45, 7) is 5.03. The lowest BCUT2D eigenvalue weighted by molar-refractivity contribution is -0.144. The maximum absolute atomic E-state index is 12.8. The summed E-state index contributed by atoms with van der Waals surface area (Å²) in [6, 6.07) is 1.50. The van der Waals surface area contributed by atoms with Crippen LogP contribution >= 0.6 is 0 Å². The molecule has 0 spiro atoms. The van der Waals surface area contributed by atoms with E-state index in [-0.39, 0.29) is 17.7 Å². The smallest absolute Gasteiger partial charge is 0.370 e. The number of nitrogens with zero attached hydrogens (tertiary/aromatic N) is 3. The normalized spacial score (nSPS) is 13.3. The number of aromatic nitrogens is 2. The molecule has 0 saturated carbocycles. The van der Waals surface area contributed by atoms with Crippen LogP contribution < -0.4 is 10.6 Å². The van der Waals surface area contributed by atoms with Gasteiger partial charge in [0, 0.05) is 18.7 Å². The van der Waals surface area contributed by atoms with Crippen molar-refractivity contribution in [2.75, 3.05) is 37.8 Å². The Morgan fingerprint density at radius 1 is 1.24 bits per heavy atom. The van der Waals surface area contributed by atoms with Crippen LogP contribution in [0.4, 0.5) is 24.8 Å². The quantitative estimate of drug-likeness (QED) is 0.811. The standard InChI is InChI=1S/C13H22F3N5/c1-5-17-10-8-11(18-9(2)6-7-21(3)4)20-12(19-10)13(14,15)16/h8-9H,5-7H2,1-4H3,(H2,17,18,19,20). The molecule has 0 amide bonds. The number of hydrogen-bond acceptors (Lipinski definition) is 5. The summed E-state index contributed by atoms with van der Waals surface area (Å²) in [6.07, 6.45) is -3.76. The van der Waals surface area contributed by atoms with Crippen molar-refractivity contribution < 1.29 is 13.2 Å². The Morgan fingerprint density at radius 3 is 2.38 bits per heavy atom. The van der Waals surface area contributed by atoms with E-state index in [0.717, 1.165) is 13.0 Å². The number of hydrogen-bond donors (Lipinski definition) is 2. The van der Waals surface area contributed by atoms with Crippen molar-refractivity contribution in [3.05, 3.63) is 11.9 Å². The molecule has 0 fully saturated rings. The highest BCUT2D eigenvalue weighted by Gasteiger charge is 2.35. The van der Waals surface area contributed by atoms with Crippen molar-refractivity contribution in [3.8, 4) is 0 Å². The lowest BCUT2D eigenvalue weighted by Gasteiger charge is -2.18. The van der Waals surface area contributed by atoms with E-state index < -0.39 is 12.0 Å². The van der Waals surface area contributed by atoms with Gasteiger partial charge in [0.15, 0.2) is 0 Å². The summed E-state index contributed by atoms with van der Waals surface area (Å²) in [5.74, 6) is -0.787. The van der Waals surface area contributed by atoms with Gasteiger partial charge in [-0.05, 0) is 40.9 Å². The Bertz CT molecular complexity index is 448. The second-order valence-electron chi connectivity index (χ2n) is 5.13. The van der Waals surface area contributed by atoms with Gasteiger partial charge in [0.25, 0.3) is 0 Å². The van der Waals surface area contributed by atoms with Crippen LogP contribution in [0.2, 0.25) is 0 Å². The second kappa shape index (κ2) is 7.44. The minimum atomic E-state index is -4.56. The van der Waals surface area contributed by atoms with Gasteiger partial charge < -0.3 is 15.5 Å². The number of halogens is 3. The van der Waals surface area contributed by atoms with E-state index in [4.69, 9.17) is 0 Å². The van der Waals surface area contributed by atoms with E-state index in [2.05, 4.69) is 20.6 Å². The topological polar surface area (TPSA) is 53.1 Å². The van der Waals surface area contributed by atoms with Gasteiger partial charge >= 0.3 is 6.18 Å². The molecule has 0 aromatic carbocycles. The first-order chi connectivity index (χ1) is 9.72. The number of anilines is 2. The fourth-order valence-corrected chi connectivity index (χ4v) is 1.70. The summed E-state index contributed by atoms with van der Waals surface area (Å²) >= 11 is 0. The second-order valence-corrected chi connectivity index (χ2v) is 5.13. The Hall–Kier alpha value is -1.57. The first-order valence-corrected chi connectivity index (χ1v) is 6.83. The fourth-order valence-electron chi connectivity index (χ4n) is 1.70. The van der Waals surface area contributed by atoms with E-state index in [1.807, 2.05) is 25.9 Å². The van der Waals surface area contributed by atoms with Crippen molar-refractivity contribution in [1.82, 2.24) is 14.9 Å². The van der Waals surface area contributed by atoms with Gasteiger partial charge in [-0.25, -0.2) is 9.97 Å². The molecule has 1 unspecified atom stereocenters. The average molecular weight is 305 g/mol. The Balaban J connectivity index is 2.87. The lowest BCUT2D eigenvalue weighted by Crippen LogP contribution is -2.24. The predicted octanol–water partition coefficient (Wildman–Crippen LogP) is 2.68. The molecule has 0 aliphatic carbocycles. The van der Waals surface area contributed by atoms with Crippen LogP contribution in [-0.4, -0.2) is 48.1 Å². The largest absolute Gasteiger partial charge is 0.451 e. The maximum atomic E-state index is 12.8. The third kappa shape index (κ3) is 6.16. The van der Waals surface area contributed by atoms with Gasteiger partial charge in [-0.3, -0.25) is 0 Å². The molecule has 0 aliphatic rings. The van der Waals surface area contributed by atoms with Crippen LogP contribution in [0.3, 0.4) is 0 Å². The molecule has 1 rings (SSSR count). The van der Waals surface area contributed by atoms with E-state index >= 15 is 0 Å². The molecule has 0 aliphatic heterocycles. The predicted molar refractivity (Wildman–Crippen MR) is 77.5 cm³/mol. The lowest BCUT2D eigenvalue weighted by atomic mass is 10.2. The van der Waals surface area contributed by atoms with Gasteiger partial charge in [-0.1, -0.05) is 0 Å².